The van der Waals surface area contributed by atoms with Gasteiger partial charge < -0.3 is 19.6 Å². The zero-order valence-electron chi connectivity index (χ0n) is 20.1. The molecular weight excluding hydrogens is 470 g/mol. The van der Waals surface area contributed by atoms with Crippen LogP contribution in [-0.4, -0.2) is 19.6 Å². The Labute approximate surface area is 200 Å². The Morgan fingerprint density at radius 3 is 1.59 bits per heavy atom. The summed E-state index contributed by atoms with van der Waals surface area (Å²) in [5.74, 6) is 0. The normalized spacial score (nSPS) is 13.8. The molecule has 0 fully saturated rings. The van der Waals surface area contributed by atoms with Gasteiger partial charge in [-0.25, -0.2) is 0 Å². The molecule has 3 aromatic rings. The molecule has 3 aromatic carbocycles. The Balaban J connectivity index is 2.16. The summed E-state index contributed by atoms with van der Waals surface area (Å²) >= 11 is 0. The molecule has 0 unspecified atom stereocenters. The summed E-state index contributed by atoms with van der Waals surface area (Å²) in [6, 6.07) is 14.2. The van der Waals surface area contributed by atoms with Crippen molar-refractivity contribution in [3.63, 3.8) is 0 Å². The van der Waals surface area contributed by atoms with Crippen molar-refractivity contribution in [2.45, 2.75) is 52.4 Å². The number of hydrogen-bond donors (Lipinski definition) is 4. The van der Waals surface area contributed by atoms with Crippen molar-refractivity contribution in [1.29, 1.82) is 0 Å². The Morgan fingerprint density at radius 1 is 0.588 bits per heavy atom. The Morgan fingerprint density at radius 2 is 1.12 bits per heavy atom. The summed E-state index contributed by atoms with van der Waals surface area (Å²) in [5, 5.41) is -0.00537. The third-order valence-corrected chi connectivity index (χ3v) is 8.33. The zero-order chi connectivity index (χ0) is 25.4. The van der Waals surface area contributed by atoms with Crippen LogP contribution < -0.4 is 10.6 Å². The molecule has 0 saturated heterocycles. The van der Waals surface area contributed by atoms with E-state index in [1.165, 1.54) is 6.07 Å². The van der Waals surface area contributed by atoms with Gasteiger partial charge in [0.2, 0.25) is 0 Å². The largest absolute Gasteiger partial charge is 0.356 e. The maximum absolute atomic E-state index is 12.9. The molecule has 180 valence electrons. The van der Waals surface area contributed by atoms with E-state index in [9.17, 15) is 28.7 Å². The summed E-state index contributed by atoms with van der Waals surface area (Å²) in [4.78, 5) is 41.0. The highest BCUT2D eigenvalue weighted by molar-refractivity contribution is 7.61. The molecule has 0 atom stereocenters. The predicted molar refractivity (Wildman–Crippen MR) is 137 cm³/mol. The summed E-state index contributed by atoms with van der Waals surface area (Å²) in [5.41, 5.74) is 4.18. The van der Waals surface area contributed by atoms with Gasteiger partial charge in [-0.1, -0.05) is 84.0 Å². The molecule has 6 nitrogen and oxygen atoms in total. The van der Waals surface area contributed by atoms with E-state index >= 15 is 0 Å². The lowest BCUT2D eigenvalue weighted by atomic mass is 9.72. The van der Waals surface area contributed by atoms with Crippen molar-refractivity contribution >= 4 is 25.8 Å². The molecule has 0 bridgehead atoms. The van der Waals surface area contributed by atoms with Crippen LogP contribution in [-0.2, 0) is 20.0 Å². The van der Waals surface area contributed by atoms with Gasteiger partial charge in [-0.05, 0) is 55.8 Å². The van der Waals surface area contributed by atoms with E-state index in [4.69, 9.17) is 0 Å². The third kappa shape index (κ3) is 4.03. The first-order valence-electron chi connectivity index (χ1n) is 11.0. The minimum Gasteiger partial charge on any atom is -0.321 e. The van der Waals surface area contributed by atoms with Crippen LogP contribution in [0.5, 0.6) is 0 Å². The average molecular weight is 500 g/mol. The molecule has 0 aliphatic heterocycles. The van der Waals surface area contributed by atoms with Gasteiger partial charge in [0.1, 0.15) is 0 Å². The highest BCUT2D eigenvalue weighted by atomic mass is 31.2. The Kier molecular flexibility index (Phi) is 5.70. The minimum absolute atomic E-state index is 0.0328. The topological polar surface area (TPSA) is 115 Å². The van der Waals surface area contributed by atoms with Crippen molar-refractivity contribution in [2.75, 3.05) is 0 Å². The molecule has 0 spiro atoms. The van der Waals surface area contributed by atoms with Gasteiger partial charge in [-0.2, -0.15) is 0 Å². The smallest absolute Gasteiger partial charge is 0.321 e. The van der Waals surface area contributed by atoms with E-state index in [0.29, 0.717) is 33.4 Å². The van der Waals surface area contributed by atoms with Crippen LogP contribution >= 0.6 is 15.2 Å². The van der Waals surface area contributed by atoms with Crippen LogP contribution in [0.1, 0.15) is 52.7 Å². The van der Waals surface area contributed by atoms with E-state index < -0.39 is 26.0 Å². The van der Waals surface area contributed by atoms with E-state index in [0.717, 1.165) is 11.1 Å². The molecule has 8 heteroatoms. The lowest BCUT2D eigenvalue weighted by molar-refractivity contribution is 0.384. The van der Waals surface area contributed by atoms with E-state index in [-0.39, 0.29) is 10.6 Å². The monoisotopic (exact) mass is 500 g/mol. The molecule has 0 heterocycles. The molecule has 4 rings (SSSR count). The Bertz CT molecular complexity index is 1410. The fourth-order valence-electron chi connectivity index (χ4n) is 4.95. The number of rotatable bonds is 3. The first-order chi connectivity index (χ1) is 15.4. The lowest BCUT2D eigenvalue weighted by Crippen LogP contribution is -2.32. The fraction of sp³-hybridized carbons (Fsp3) is 0.308. The van der Waals surface area contributed by atoms with Crippen LogP contribution in [0, 0.1) is 0 Å². The number of hydrogen-bond acceptors (Lipinski definition) is 2. The van der Waals surface area contributed by atoms with Crippen LogP contribution in [0.15, 0.2) is 48.5 Å². The van der Waals surface area contributed by atoms with E-state index in [1.54, 1.807) is 12.1 Å². The second kappa shape index (κ2) is 7.73. The van der Waals surface area contributed by atoms with Crippen LogP contribution in [0.2, 0.25) is 0 Å². The SMILES string of the molecule is CC(C)(C)c1ccc(-c2ccc(P(=O)(O)O)c3c2-c2ccccc2-3)c(C(C)(C)C)c1P(=O)(O)O. The molecule has 34 heavy (non-hydrogen) atoms. The maximum atomic E-state index is 12.9. The number of benzene rings is 3. The standard InChI is InChI=1S/C26H30O6P2/c1-25(2,3)19-13-11-18(23(26(4,5)6)24(19)34(30,31)32)17-12-14-20(33(27,28)29)22-16-10-8-7-9-15(16)21(17)22/h7-14H,1-6H3,(H2,27,28,29)(H2,30,31,32). The average Bonchev–Trinajstić information content (AvgIpc) is 2.67. The third-order valence-electron chi connectivity index (χ3n) is 6.28. The van der Waals surface area contributed by atoms with Crippen molar-refractivity contribution in [3.8, 4) is 33.4 Å². The van der Waals surface area contributed by atoms with Gasteiger partial charge in [0, 0.05) is 5.56 Å². The maximum Gasteiger partial charge on any atom is 0.356 e. The van der Waals surface area contributed by atoms with Gasteiger partial charge in [-0.3, -0.25) is 9.13 Å². The Hall–Kier alpha value is -2.04. The van der Waals surface area contributed by atoms with Crippen molar-refractivity contribution < 1.29 is 28.7 Å². The fourth-order valence-corrected chi connectivity index (χ4v) is 7.21. The zero-order valence-corrected chi connectivity index (χ0v) is 21.9. The van der Waals surface area contributed by atoms with Gasteiger partial charge in [-0.15, -0.1) is 0 Å². The van der Waals surface area contributed by atoms with E-state index in [1.807, 2.05) is 71.9 Å². The molecule has 1 aliphatic carbocycles. The first kappa shape index (κ1) is 25.1. The highest BCUT2D eigenvalue weighted by Crippen LogP contribution is 2.56. The number of fused-ring (bicyclic) bond motifs is 4. The van der Waals surface area contributed by atoms with Gasteiger partial charge >= 0.3 is 15.2 Å². The minimum atomic E-state index is -4.67. The summed E-state index contributed by atoms with van der Waals surface area (Å²) in [6.45, 7) is 11.5. The highest BCUT2D eigenvalue weighted by Gasteiger charge is 2.39. The first-order valence-corrected chi connectivity index (χ1v) is 14.2. The van der Waals surface area contributed by atoms with Crippen LogP contribution in [0.25, 0.3) is 33.4 Å². The van der Waals surface area contributed by atoms with Gasteiger partial charge in [0.25, 0.3) is 0 Å². The summed E-state index contributed by atoms with van der Waals surface area (Å²) < 4.78 is 25.1. The van der Waals surface area contributed by atoms with Crippen molar-refractivity contribution in [2.24, 2.45) is 0 Å². The lowest BCUT2D eigenvalue weighted by Gasteiger charge is -2.35. The molecule has 1 aliphatic rings. The van der Waals surface area contributed by atoms with Crippen LogP contribution in [0.4, 0.5) is 0 Å². The quantitative estimate of drug-likeness (QED) is 0.288. The van der Waals surface area contributed by atoms with Crippen LogP contribution in [0.3, 0.4) is 0 Å². The molecule has 0 aromatic heterocycles. The molecule has 0 radical (unpaired) electrons. The second-order valence-electron chi connectivity index (χ2n) is 10.9. The van der Waals surface area contributed by atoms with E-state index in [2.05, 4.69) is 0 Å². The molecular formula is C26H30O6P2. The van der Waals surface area contributed by atoms with Crippen molar-refractivity contribution in [1.82, 2.24) is 0 Å². The van der Waals surface area contributed by atoms with Gasteiger partial charge in [0.05, 0.1) is 10.6 Å². The van der Waals surface area contributed by atoms with Gasteiger partial charge in [0.15, 0.2) is 0 Å². The second-order valence-corrected chi connectivity index (χ2v) is 14.0. The molecule has 4 N–H and O–H groups in total. The predicted octanol–water partition coefficient (Wildman–Crippen LogP) is 5.20. The molecule has 0 saturated carbocycles. The summed E-state index contributed by atoms with van der Waals surface area (Å²) in [6.07, 6.45) is 0. The summed E-state index contributed by atoms with van der Waals surface area (Å²) in [7, 11) is -9.20. The van der Waals surface area contributed by atoms with Crippen molar-refractivity contribution in [3.05, 3.63) is 59.7 Å². The molecule has 0 amide bonds.